The summed E-state index contributed by atoms with van der Waals surface area (Å²) in [5.74, 6) is -4.73. The average molecular weight is 512 g/mol. The minimum Gasteiger partial charge on any atom is -0.465 e. The van der Waals surface area contributed by atoms with Crippen LogP contribution in [0.5, 0.6) is 0 Å². The van der Waals surface area contributed by atoms with Gasteiger partial charge in [0.05, 0.1) is 0 Å². The standard InChI is InChI=1S/C25H29N5O7/c1-16(27-23(34)17(2)29(25(36)37)14-19-11-7-4-8-12-19)22(33)28-30(15-21(26)32)24(35)20(31)13-18-9-5-3-6-10-18/h3-12,16-17H,13-15H2,1-2H3,(H2,26,32)(H,27,34)(H,28,33)(H,36,37)/t16-,17-/m0/s1. The van der Waals surface area contributed by atoms with Crippen LogP contribution in [0, 0.1) is 0 Å². The van der Waals surface area contributed by atoms with E-state index in [-0.39, 0.29) is 13.0 Å². The van der Waals surface area contributed by atoms with Gasteiger partial charge in [-0.3, -0.25) is 34.3 Å². The molecule has 0 aliphatic carbocycles. The molecule has 2 atom stereocenters. The predicted molar refractivity (Wildman–Crippen MR) is 131 cm³/mol. The van der Waals surface area contributed by atoms with Crippen LogP contribution >= 0.6 is 0 Å². The second kappa shape index (κ2) is 13.4. The molecular weight excluding hydrogens is 482 g/mol. The van der Waals surface area contributed by atoms with Gasteiger partial charge in [-0.2, -0.15) is 0 Å². The summed E-state index contributed by atoms with van der Waals surface area (Å²) >= 11 is 0. The third-order valence-corrected chi connectivity index (χ3v) is 5.29. The molecule has 2 aromatic rings. The van der Waals surface area contributed by atoms with Crippen molar-refractivity contribution in [1.29, 1.82) is 0 Å². The molecule has 0 aromatic heterocycles. The van der Waals surface area contributed by atoms with E-state index in [0.29, 0.717) is 16.1 Å². The van der Waals surface area contributed by atoms with Gasteiger partial charge >= 0.3 is 12.0 Å². The molecule has 5 N–H and O–H groups in total. The number of benzene rings is 2. The van der Waals surface area contributed by atoms with Crippen molar-refractivity contribution < 1.29 is 33.9 Å². The molecule has 0 bridgehead atoms. The van der Waals surface area contributed by atoms with Crippen LogP contribution in [0.2, 0.25) is 0 Å². The van der Waals surface area contributed by atoms with Gasteiger partial charge in [0.2, 0.25) is 17.6 Å². The number of carbonyl (C=O) groups is 6. The van der Waals surface area contributed by atoms with Crippen LogP contribution in [-0.4, -0.2) is 69.1 Å². The van der Waals surface area contributed by atoms with Gasteiger partial charge in [0.25, 0.3) is 5.91 Å². The number of nitrogens with one attached hydrogen (secondary N) is 2. The zero-order valence-electron chi connectivity index (χ0n) is 20.4. The summed E-state index contributed by atoms with van der Waals surface area (Å²) in [6.45, 7) is 1.82. The lowest BCUT2D eigenvalue weighted by atomic mass is 10.1. The molecule has 0 unspecified atom stereocenters. The topological polar surface area (TPSA) is 179 Å². The second-order valence-corrected chi connectivity index (χ2v) is 8.22. The lowest BCUT2D eigenvalue weighted by Gasteiger charge is -2.28. The molecule has 2 rings (SSSR count). The molecule has 0 spiro atoms. The number of nitrogens with two attached hydrogens (primary N) is 1. The summed E-state index contributed by atoms with van der Waals surface area (Å²) in [7, 11) is 0. The van der Waals surface area contributed by atoms with Gasteiger partial charge in [-0.05, 0) is 25.0 Å². The number of nitrogens with zero attached hydrogens (tertiary/aromatic N) is 2. The van der Waals surface area contributed by atoms with E-state index >= 15 is 0 Å². The van der Waals surface area contributed by atoms with Gasteiger partial charge in [-0.15, -0.1) is 0 Å². The van der Waals surface area contributed by atoms with Crippen molar-refractivity contribution in [3.05, 3.63) is 71.8 Å². The first kappa shape index (κ1) is 28.5. The number of primary amides is 1. The van der Waals surface area contributed by atoms with Crippen LogP contribution in [0.25, 0.3) is 0 Å². The molecule has 0 heterocycles. The Hall–Kier alpha value is -4.74. The third-order valence-electron chi connectivity index (χ3n) is 5.29. The number of carbonyl (C=O) groups excluding carboxylic acids is 5. The maximum absolute atomic E-state index is 12.7. The van der Waals surface area contributed by atoms with Crippen LogP contribution in [0.3, 0.4) is 0 Å². The first-order chi connectivity index (χ1) is 17.5. The highest BCUT2D eigenvalue weighted by atomic mass is 16.4. The minimum atomic E-state index is -1.33. The van der Waals surface area contributed by atoms with Crippen LogP contribution in [0.15, 0.2) is 60.7 Å². The number of carboxylic acid groups (broad SMARTS) is 1. The summed E-state index contributed by atoms with van der Waals surface area (Å²) < 4.78 is 0. The molecule has 0 saturated carbocycles. The van der Waals surface area contributed by atoms with Crippen molar-refractivity contribution in [3.63, 3.8) is 0 Å². The quantitative estimate of drug-likeness (QED) is 0.246. The Labute approximate surface area is 213 Å². The Balaban J connectivity index is 2.03. The van der Waals surface area contributed by atoms with E-state index in [1.165, 1.54) is 13.8 Å². The number of Topliss-reactive ketones (excluding diaryl/α,β-unsaturated/α-hetero) is 1. The van der Waals surface area contributed by atoms with E-state index in [0.717, 1.165) is 4.90 Å². The minimum absolute atomic E-state index is 0.0598. The van der Waals surface area contributed by atoms with E-state index in [1.807, 2.05) is 0 Å². The fourth-order valence-electron chi connectivity index (χ4n) is 3.25. The highest BCUT2D eigenvalue weighted by molar-refractivity contribution is 6.36. The third kappa shape index (κ3) is 8.76. The fourth-order valence-corrected chi connectivity index (χ4v) is 3.25. The number of amides is 5. The highest BCUT2D eigenvalue weighted by Gasteiger charge is 2.30. The van der Waals surface area contributed by atoms with Crippen molar-refractivity contribution in [3.8, 4) is 0 Å². The molecule has 12 nitrogen and oxygen atoms in total. The number of hydrogen-bond donors (Lipinski definition) is 4. The Morgan fingerprint density at radius 2 is 1.41 bits per heavy atom. The molecule has 0 fully saturated rings. The molecule has 2 aromatic carbocycles. The predicted octanol–water partition coefficient (Wildman–Crippen LogP) is 0.217. The van der Waals surface area contributed by atoms with Crippen molar-refractivity contribution in [2.24, 2.45) is 5.73 Å². The van der Waals surface area contributed by atoms with Crippen molar-refractivity contribution in [1.82, 2.24) is 20.7 Å². The fraction of sp³-hybridized carbons (Fsp3) is 0.280. The molecule has 0 radical (unpaired) electrons. The molecular formula is C25H29N5O7. The summed E-state index contributed by atoms with van der Waals surface area (Å²) in [6.07, 6.45) is -1.60. The van der Waals surface area contributed by atoms with Crippen molar-refractivity contribution in [2.45, 2.75) is 38.9 Å². The summed E-state index contributed by atoms with van der Waals surface area (Å²) in [5, 5.41) is 12.4. The molecule has 37 heavy (non-hydrogen) atoms. The van der Waals surface area contributed by atoms with Gasteiger partial charge in [-0.25, -0.2) is 9.80 Å². The number of ketones is 1. The zero-order valence-corrected chi connectivity index (χ0v) is 20.4. The largest absolute Gasteiger partial charge is 0.465 e. The van der Waals surface area contributed by atoms with Gasteiger partial charge in [0.15, 0.2) is 0 Å². The number of hydrazine groups is 1. The average Bonchev–Trinajstić information content (AvgIpc) is 2.86. The van der Waals surface area contributed by atoms with Crippen LogP contribution < -0.4 is 16.5 Å². The van der Waals surface area contributed by atoms with Crippen molar-refractivity contribution in [2.75, 3.05) is 6.54 Å². The second-order valence-electron chi connectivity index (χ2n) is 8.22. The lowest BCUT2D eigenvalue weighted by Crippen LogP contribution is -2.58. The van der Waals surface area contributed by atoms with Gasteiger partial charge in [-0.1, -0.05) is 60.7 Å². The lowest BCUT2D eigenvalue weighted by molar-refractivity contribution is -0.151. The van der Waals surface area contributed by atoms with Gasteiger partial charge < -0.3 is 16.2 Å². The van der Waals surface area contributed by atoms with E-state index in [9.17, 15) is 33.9 Å². The SMILES string of the molecule is C[C@H](NC(=O)[C@H](C)N(Cc1ccccc1)C(=O)O)C(=O)NN(CC(N)=O)C(=O)C(=O)Cc1ccccc1. The number of hydrogen-bond acceptors (Lipinski definition) is 6. The first-order valence-corrected chi connectivity index (χ1v) is 11.3. The maximum atomic E-state index is 12.7. The molecule has 12 heteroatoms. The summed E-state index contributed by atoms with van der Waals surface area (Å²) in [5.41, 5.74) is 8.50. The smallest absolute Gasteiger partial charge is 0.408 e. The van der Waals surface area contributed by atoms with E-state index in [2.05, 4.69) is 10.7 Å². The maximum Gasteiger partial charge on any atom is 0.408 e. The Kier molecular flexibility index (Phi) is 10.3. The van der Waals surface area contributed by atoms with E-state index < -0.39 is 54.1 Å². The van der Waals surface area contributed by atoms with Crippen LogP contribution in [0.4, 0.5) is 4.79 Å². The van der Waals surface area contributed by atoms with Crippen LogP contribution in [-0.2, 0) is 36.9 Å². The van der Waals surface area contributed by atoms with Gasteiger partial charge in [0, 0.05) is 13.0 Å². The molecule has 196 valence electrons. The Morgan fingerprint density at radius 1 is 0.865 bits per heavy atom. The first-order valence-electron chi connectivity index (χ1n) is 11.3. The molecule has 5 amide bonds. The highest BCUT2D eigenvalue weighted by Crippen LogP contribution is 2.09. The molecule has 0 aliphatic rings. The monoisotopic (exact) mass is 511 g/mol. The Morgan fingerprint density at radius 3 is 1.92 bits per heavy atom. The molecule has 0 aliphatic heterocycles. The van der Waals surface area contributed by atoms with E-state index in [1.54, 1.807) is 60.7 Å². The zero-order chi connectivity index (χ0) is 27.5. The number of rotatable bonds is 11. The van der Waals surface area contributed by atoms with Crippen molar-refractivity contribution >= 4 is 35.5 Å². The Bertz CT molecular complexity index is 1140. The summed E-state index contributed by atoms with van der Waals surface area (Å²) in [6, 6.07) is 14.6. The van der Waals surface area contributed by atoms with Crippen LogP contribution in [0.1, 0.15) is 25.0 Å². The normalized spacial score (nSPS) is 11.9. The van der Waals surface area contributed by atoms with Gasteiger partial charge in [0.1, 0.15) is 18.6 Å². The summed E-state index contributed by atoms with van der Waals surface area (Å²) in [4.78, 5) is 74.5. The van der Waals surface area contributed by atoms with E-state index in [4.69, 9.17) is 5.73 Å². The molecule has 0 saturated heterocycles.